The molecule has 1 aliphatic rings. The summed E-state index contributed by atoms with van der Waals surface area (Å²) in [6.45, 7) is 3.97. The molecule has 100 valence electrons. The Balaban J connectivity index is 1.70. The molecule has 1 aromatic carbocycles. The topological polar surface area (TPSA) is 44.3 Å². The summed E-state index contributed by atoms with van der Waals surface area (Å²) in [7, 11) is 0. The van der Waals surface area contributed by atoms with Gasteiger partial charge in [-0.1, -0.05) is 30.3 Å². The van der Waals surface area contributed by atoms with E-state index in [9.17, 15) is 5.11 Å². The molecule has 0 radical (unpaired) electrons. The van der Waals surface area contributed by atoms with Crippen LogP contribution in [0, 0.1) is 0 Å². The Hall–Kier alpha value is -0.900. The Kier molecular flexibility index (Phi) is 5.17. The summed E-state index contributed by atoms with van der Waals surface area (Å²) in [5.41, 5.74) is 0.983. The van der Waals surface area contributed by atoms with Crippen molar-refractivity contribution in [1.29, 1.82) is 0 Å². The summed E-state index contributed by atoms with van der Waals surface area (Å²) in [6, 6.07) is 10.9. The predicted molar refractivity (Wildman–Crippen MR) is 74.5 cm³/mol. The molecule has 18 heavy (non-hydrogen) atoms. The van der Waals surface area contributed by atoms with Crippen LogP contribution in [-0.4, -0.2) is 30.3 Å². The highest BCUT2D eigenvalue weighted by atomic mass is 16.3. The fraction of sp³-hybridized carbons (Fsp3) is 0.600. The van der Waals surface area contributed by atoms with Crippen LogP contribution in [0.1, 0.15) is 37.9 Å². The highest BCUT2D eigenvalue weighted by Gasteiger charge is 2.17. The molecule has 0 bridgehead atoms. The maximum atomic E-state index is 10.1. The molecule has 3 atom stereocenters. The van der Waals surface area contributed by atoms with Crippen molar-refractivity contribution >= 4 is 0 Å². The number of hydrogen-bond acceptors (Lipinski definition) is 3. The summed E-state index contributed by atoms with van der Waals surface area (Å²) in [5, 5.41) is 17.0. The third-order valence-electron chi connectivity index (χ3n) is 3.64. The molecule has 1 heterocycles. The molecule has 3 nitrogen and oxygen atoms in total. The third kappa shape index (κ3) is 4.09. The van der Waals surface area contributed by atoms with Crippen LogP contribution in [0.15, 0.2) is 30.3 Å². The maximum Gasteiger partial charge on any atom is 0.0914 e. The lowest BCUT2D eigenvalue weighted by Crippen LogP contribution is -2.36. The van der Waals surface area contributed by atoms with Gasteiger partial charge in [-0.2, -0.15) is 0 Å². The van der Waals surface area contributed by atoms with Gasteiger partial charge in [0.1, 0.15) is 0 Å². The first-order valence-electron chi connectivity index (χ1n) is 6.95. The van der Waals surface area contributed by atoms with Gasteiger partial charge in [0.2, 0.25) is 0 Å². The Labute approximate surface area is 110 Å². The summed E-state index contributed by atoms with van der Waals surface area (Å²) in [5.74, 6) is 0. The minimum atomic E-state index is -0.412. The summed E-state index contributed by atoms with van der Waals surface area (Å²) in [6.07, 6.45) is 3.31. The lowest BCUT2D eigenvalue weighted by atomic mass is 10.1. The Morgan fingerprint density at radius 1 is 1.39 bits per heavy atom. The number of rotatable bonds is 6. The van der Waals surface area contributed by atoms with E-state index in [0.29, 0.717) is 18.6 Å². The van der Waals surface area contributed by atoms with Gasteiger partial charge in [0.15, 0.2) is 0 Å². The van der Waals surface area contributed by atoms with Crippen molar-refractivity contribution in [1.82, 2.24) is 10.6 Å². The van der Waals surface area contributed by atoms with E-state index in [4.69, 9.17) is 0 Å². The monoisotopic (exact) mass is 248 g/mol. The van der Waals surface area contributed by atoms with Gasteiger partial charge in [0.25, 0.3) is 0 Å². The molecule has 1 aliphatic heterocycles. The molecule has 1 saturated heterocycles. The fourth-order valence-electron chi connectivity index (χ4n) is 2.57. The van der Waals surface area contributed by atoms with Crippen LogP contribution in [0.3, 0.4) is 0 Å². The van der Waals surface area contributed by atoms with Gasteiger partial charge < -0.3 is 15.7 Å². The fourth-order valence-corrected chi connectivity index (χ4v) is 2.57. The molecular weight excluding hydrogens is 224 g/mol. The molecule has 2 rings (SSSR count). The van der Waals surface area contributed by atoms with Crippen molar-refractivity contribution in [3.05, 3.63) is 35.9 Å². The van der Waals surface area contributed by atoms with E-state index in [1.54, 1.807) is 0 Å². The number of aliphatic hydroxyl groups excluding tert-OH is 1. The second-order valence-electron chi connectivity index (χ2n) is 5.26. The molecule has 3 N–H and O–H groups in total. The average Bonchev–Trinajstić information content (AvgIpc) is 2.90. The Bertz CT molecular complexity index is 336. The highest BCUT2D eigenvalue weighted by Crippen LogP contribution is 2.13. The van der Waals surface area contributed by atoms with Crippen molar-refractivity contribution in [2.45, 2.75) is 44.4 Å². The molecule has 3 unspecified atom stereocenters. The van der Waals surface area contributed by atoms with Crippen molar-refractivity contribution in [3.8, 4) is 0 Å². The minimum Gasteiger partial charge on any atom is -0.387 e. The molecule has 0 aromatic heterocycles. The first-order valence-corrected chi connectivity index (χ1v) is 6.95. The first kappa shape index (κ1) is 13.5. The third-order valence-corrected chi connectivity index (χ3v) is 3.64. The molecule has 0 spiro atoms. The zero-order valence-electron chi connectivity index (χ0n) is 11.1. The van der Waals surface area contributed by atoms with E-state index in [1.165, 1.54) is 12.8 Å². The SMILES string of the molecule is CC(CC1CCCN1)NCC(O)c1ccccc1. The smallest absolute Gasteiger partial charge is 0.0914 e. The normalized spacial score (nSPS) is 22.9. The van der Waals surface area contributed by atoms with Crippen molar-refractivity contribution < 1.29 is 5.11 Å². The van der Waals surface area contributed by atoms with Crippen LogP contribution >= 0.6 is 0 Å². The minimum absolute atomic E-state index is 0.412. The number of nitrogens with one attached hydrogen (secondary N) is 2. The van der Waals surface area contributed by atoms with Gasteiger partial charge in [-0.25, -0.2) is 0 Å². The predicted octanol–water partition coefficient (Wildman–Crippen LogP) is 1.84. The van der Waals surface area contributed by atoms with Crippen LogP contribution in [0.25, 0.3) is 0 Å². The van der Waals surface area contributed by atoms with Crippen LogP contribution < -0.4 is 10.6 Å². The summed E-state index contributed by atoms with van der Waals surface area (Å²) < 4.78 is 0. The second kappa shape index (κ2) is 6.88. The first-order chi connectivity index (χ1) is 8.75. The second-order valence-corrected chi connectivity index (χ2v) is 5.26. The molecule has 0 aliphatic carbocycles. The molecule has 1 aromatic rings. The Morgan fingerprint density at radius 3 is 2.83 bits per heavy atom. The van der Waals surface area contributed by atoms with Gasteiger partial charge in [-0.3, -0.25) is 0 Å². The number of benzene rings is 1. The van der Waals surface area contributed by atoms with Crippen molar-refractivity contribution in [3.63, 3.8) is 0 Å². The van der Waals surface area contributed by atoms with Gasteiger partial charge in [0.05, 0.1) is 6.10 Å². The Morgan fingerprint density at radius 2 is 2.17 bits per heavy atom. The van der Waals surface area contributed by atoms with E-state index >= 15 is 0 Å². The van der Waals surface area contributed by atoms with Crippen LogP contribution in [0.2, 0.25) is 0 Å². The van der Waals surface area contributed by atoms with Crippen LogP contribution in [0.5, 0.6) is 0 Å². The molecule has 1 fully saturated rings. The molecule has 0 saturated carbocycles. The zero-order valence-corrected chi connectivity index (χ0v) is 11.1. The number of hydrogen-bond donors (Lipinski definition) is 3. The van der Waals surface area contributed by atoms with E-state index < -0.39 is 6.10 Å². The standard InChI is InChI=1S/C15H24N2O/c1-12(10-14-8-5-9-16-14)17-11-15(18)13-6-3-2-4-7-13/h2-4,6-7,12,14-18H,5,8-11H2,1H3. The van der Waals surface area contributed by atoms with Gasteiger partial charge >= 0.3 is 0 Å². The van der Waals surface area contributed by atoms with E-state index in [1.807, 2.05) is 30.3 Å². The lowest BCUT2D eigenvalue weighted by molar-refractivity contribution is 0.169. The quantitative estimate of drug-likeness (QED) is 0.720. The summed E-state index contributed by atoms with van der Waals surface area (Å²) in [4.78, 5) is 0. The van der Waals surface area contributed by atoms with Crippen molar-refractivity contribution in [2.24, 2.45) is 0 Å². The molecular formula is C15H24N2O. The average molecular weight is 248 g/mol. The van der Waals surface area contributed by atoms with Gasteiger partial charge in [-0.15, -0.1) is 0 Å². The summed E-state index contributed by atoms with van der Waals surface area (Å²) >= 11 is 0. The van der Waals surface area contributed by atoms with E-state index in [0.717, 1.165) is 18.5 Å². The van der Waals surface area contributed by atoms with E-state index in [2.05, 4.69) is 17.6 Å². The number of aliphatic hydroxyl groups is 1. The van der Waals surface area contributed by atoms with Gasteiger partial charge in [0, 0.05) is 18.6 Å². The lowest BCUT2D eigenvalue weighted by Gasteiger charge is -2.20. The largest absolute Gasteiger partial charge is 0.387 e. The highest BCUT2D eigenvalue weighted by molar-refractivity contribution is 5.17. The molecule has 3 heteroatoms. The van der Waals surface area contributed by atoms with Crippen molar-refractivity contribution in [2.75, 3.05) is 13.1 Å². The van der Waals surface area contributed by atoms with Crippen LogP contribution in [0.4, 0.5) is 0 Å². The molecule has 0 amide bonds. The van der Waals surface area contributed by atoms with Crippen LogP contribution in [-0.2, 0) is 0 Å². The van der Waals surface area contributed by atoms with Gasteiger partial charge in [-0.05, 0) is 38.3 Å². The van der Waals surface area contributed by atoms with E-state index in [-0.39, 0.29) is 0 Å². The zero-order chi connectivity index (χ0) is 12.8. The maximum absolute atomic E-state index is 10.1.